The number of hydrogen-bond donors (Lipinski definition) is 0. The molecule has 0 saturated carbocycles. The van der Waals surface area contributed by atoms with E-state index >= 15 is 0 Å². The monoisotopic (exact) mass is 302 g/mol. The highest BCUT2D eigenvalue weighted by molar-refractivity contribution is 5.80. The van der Waals surface area contributed by atoms with Crippen LogP contribution in [0.4, 0.5) is 0 Å². The van der Waals surface area contributed by atoms with E-state index in [1.165, 1.54) is 21.3 Å². The largest absolute Gasteiger partial charge is 0.467 e. The molecule has 0 bridgehead atoms. The van der Waals surface area contributed by atoms with Crippen LogP contribution >= 0.6 is 0 Å². The zero-order chi connectivity index (χ0) is 16.3. The predicted molar refractivity (Wildman–Crippen MR) is 76.7 cm³/mol. The van der Waals surface area contributed by atoms with Crippen LogP contribution in [0.1, 0.15) is 34.1 Å². The highest BCUT2D eigenvalue weighted by Crippen LogP contribution is 2.42. The standard InChI is InChI=1S/C15H26O6/c1-11(2)8-9-15(12(16)17-5)10-20-13(3,18-6)14(4,19-7)21-15/h8H,9-10H2,1-7H3/t13-,14-,15+/m1/s1. The minimum Gasteiger partial charge on any atom is -0.467 e. The molecular weight excluding hydrogens is 276 g/mol. The maximum absolute atomic E-state index is 12.3. The lowest BCUT2D eigenvalue weighted by atomic mass is 9.94. The van der Waals surface area contributed by atoms with Gasteiger partial charge in [0.2, 0.25) is 11.6 Å². The predicted octanol–water partition coefficient (Wildman–Crippen LogP) is 2.03. The van der Waals surface area contributed by atoms with Gasteiger partial charge in [0.15, 0.2) is 5.60 Å². The van der Waals surface area contributed by atoms with E-state index in [9.17, 15) is 4.79 Å². The van der Waals surface area contributed by atoms with Crippen molar-refractivity contribution in [2.24, 2.45) is 0 Å². The van der Waals surface area contributed by atoms with Crippen molar-refractivity contribution >= 4 is 5.97 Å². The van der Waals surface area contributed by atoms with Crippen molar-refractivity contribution in [1.82, 2.24) is 0 Å². The van der Waals surface area contributed by atoms with Crippen molar-refractivity contribution in [3.63, 3.8) is 0 Å². The summed E-state index contributed by atoms with van der Waals surface area (Å²) < 4.78 is 27.5. The van der Waals surface area contributed by atoms with Gasteiger partial charge < -0.3 is 23.7 Å². The molecular formula is C15H26O6. The van der Waals surface area contributed by atoms with Gasteiger partial charge >= 0.3 is 5.97 Å². The molecule has 0 aromatic rings. The average molecular weight is 302 g/mol. The minimum atomic E-state index is -1.26. The van der Waals surface area contributed by atoms with Crippen LogP contribution in [0.25, 0.3) is 0 Å². The summed E-state index contributed by atoms with van der Waals surface area (Å²) in [6, 6.07) is 0. The average Bonchev–Trinajstić information content (AvgIpc) is 2.47. The normalized spacial score (nSPS) is 36.1. The molecule has 1 fully saturated rings. The Hall–Kier alpha value is -0.950. The minimum absolute atomic E-state index is 0.0206. The zero-order valence-corrected chi connectivity index (χ0v) is 13.9. The van der Waals surface area contributed by atoms with Crippen molar-refractivity contribution in [2.45, 2.75) is 51.3 Å². The summed E-state index contributed by atoms with van der Waals surface area (Å²) in [4.78, 5) is 12.3. The van der Waals surface area contributed by atoms with Crippen LogP contribution in [-0.2, 0) is 28.5 Å². The van der Waals surface area contributed by atoms with E-state index in [1.807, 2.05) is 19.9 Å². The first kappa shape index (κ1) is 18.1. The Morgan fingerprint density at radius 3 is 2.14 bits per heavy atom. The SMILES string of the molecule is COC(=O)[C@]1(CC=C(C)C)CO[C@@](C)(OC)[C@](C)(OC)O1. The van der Waals surface area contributed by atoms with Crippen LogP contribution in [0.3, 0.4) is 0 Å². The van der Waals surface area contributed by atoms with E-state index in [0.717, 1.165) is 5.57 Å². The van der Waals surface area contributed by atoms with Gasteiger partial charge in [-0.15, -0.1) is 0 Å². The summed E-state index contributed by atoms with van der Waals surface area (Å²) >= 11 is 0. The Morgan fingerprint density at radius 2 is 1.71 bits per heavy atom. The number of methoxy groups -OCH3 is 3. The van der Waals surface area contributed by atoms with Crippen LogP contribution < -0.4 is 0 Å². The Morgan fingerprint density at radius 1 is 1.14 bits per heavy atom. The lowest BCUT2D eigenvalue weighted by Gasteiger charge is -2.52. The molecule has 0 spiro atoms. The Bertz CT molecular complexity index is 416. The molecule has 1 heterocycles. The zero-order valence-electron chi connectivity index (χ0n) is 13.9. The first-order chi connectivity index (χ1) is 9.68. The van der Waals surface area contributed by atoms with Crippen LogP contribution in [0.15, 0.2) is 11.6 Å². The van der Waals surface area contributed by atoms with Gasteiger partial charge in [0.25, 0.3) is 0 Å². The lowest BCUT2D eigenvalue weighted by Crippen LogP contribution is -2.68. The molecule has 0 amide bonds. The maximum atomic E-state index is 12.3. The van der Waals surface area contributed by atoms with E-state index < -0.39 is 23.1 Å². The summed E-state index contributed by atoms with van der Waals surface area (Å²) in [6.07, 6.45) is 2.24. The fraction of sp³-hybridized carbons (Fsp3) is 0.800. The Balaban J connectivity index is 3.18. The third kappa shape index (κ3) is 3.29. The summed E-state index contributed by atoms with van der Waals surface area (Å²) in [5.41, 5.74) is -0.185. The molecule has 0 aromatic heterocycles. The number of allylic oxidation sites excluding steroid dienone is 1. The second kappa shape index (κ2) is 6.44. The van der Waals surface area contributed by atoms with E-state index in [-0.39, 0.29) is 6.61 Å². The molecule has 1 aliphatic rings. The second-order valence-electron chi connectivity index (χ2n) is 5.66. The van der Waals surface area contributed by atoms with Gasteiger partial charge in [-0.05, 0) is 27.7 Å². The first-order valence-electron chi connectivity index (χ1n) is 6.85. The van der Waals surface area contributed by atoms with Crippen LogP contribution in [0.5, 0.6) is 0 Å². The molecule has 0 radical (unpaired) electrons. The number of carbonyl (C=O) groups excluding carboxylic acids is 1. The molecule has 1 rings (SSSR count). The van der Waals surface area contributed by atoms with E-state index in [0.29, 0.717) is 6.42 Å². The fourth-order valence-corrected chi connectivity index (χ4v) is 2.19. The molecule has 0 N–H and O–H groups in total. The van der Waals surface area contributed by atoms with Crippen molar-refractivity contribution in [3.8, 4) is 0 Å². The number of carbonyl (C=O) groups is 1. The van der Waals surface area contributed by atoms with Gasteiger partial charge in [-0.1, -0.05) is 11.6 Å². The quantitative estimate of drug-likeness (QED) is 0.572. The van der Waals surface area contributed by atoms with Crippen molar-refractivity contribution in [2.75, 3.05) is 27.9 Å². The molecule has 6 heteroatoms. The van der Waals surface area contributed by atoms with Gasteiger partial charge in [0.1, 0.15) is 0 Å². The number of ether oxygens (including phenoxy) is 5. The number of rotatable bonds is 5. The third-order valence-electron chi connectivity index (χ3n) is 3.97. The van der Waals surface area contributed by atoms with E-state index in [1.54, 1.807) is 13.8 Å². The Kier molecular flexibility index (Phi) is 5.55. The van der Waals surface area contributed by atoms with Gasteiger partial charge in [0, 0.05) is 20.6 Å². The molecule has 21 heavy (non-hydrogen) atoms. The third-order valence-corrected chi connectivity index (χ3v) is 3.97. The van der Waals surface area contributed by atoms with Crippen molar-refractivity contribution in [1.29, 1.82) is 0 Å². The van der Waals surface area contributed by atoms with Crippen LogP contribution in [0.2, 0.25) is 0 Å². The van der Waals surface area contributed by atoms with Gasteiger partial charge in [0.05, 0.1) is 13.7 Å². The summed E-state index contributed by atoms with van der Waals surface area (Å²) in [6.45, 7) is 7.30. The molecule has 6 nitrogen and oxygen atoms in total. The maximum Gasteiger partial charge on any atom is 0.341 e. The van der Waals surface area contributed by atoms with Gasteiger partial charge in [-0.3, -0.25) is 0 Å². The summed E-state index contributed by atoms with van der Waals surface area (Å²) in [7, 11) is 4.31. The lowest BCUT2D eigenvalue weighted by molar-refractivity contribution is -0.445. The summed E-state index contributed by atoms with van der Waals surface area (Å²) in [5.74, 6) is -2.87. The van der Waals surface area contributed by atoms with Crippen molar-refractivity contribution in [3.05, 3.63) is 11.6 Å². The van der Waals surface area contributed by atoms with E-state index in [4.69, 9.17) is 23.7 Å². The molecule has 0 aromatic carbocycles. The van der Waals surface area contributed by atoms with Gasteiger partial charge in [-0.2, -0.15) is 0 Å². The molecule has 0 unspecified atom stereocenters. The van der Waals surface area contributed by atoms with E-state index in [2.05, 4.69) is 0 Å². The summed E-state index contributed by atoms with van der Waals surface area (Å²) in [5, 5.41) is 0. The molecule has 0 aliphatic carbocycles. The molecule has 122 valence electrons. The highest BCUT2D eigenvalue weighted by Gasteiger charge is 2.60. The molecule has 1 aliphatic heterocycles. The molecule has 1 saturated heterocycles. The first-order valence-corrected chi connectivity index (χ1v) is 6.85. The van der Waals surface area contributed by atoms with Gasteiger partial charge in [-0.25, -0.2) is 4.79 Å². The molecule has 3 atom stereocenters. The Labute approximate surface area is 126 Å². The highest BCUT2D eigenvalue weighted by atomic mass is 16.8. The van der Waals surface area contributed by atoms with Crippen LogP contribution in [0, 0.1) is 0 Å². The smallest absolute Gasteiger partial charge is 0.341 e. The fourth-order valence-electron chi connectivity index (χ4n) is 2.19. The van der Waals surface area contributed by atoms with Crippen LogP contribution in [-0.4, -0.2) is 51.1 Å². The number of hydrogen-bond acceptors (Lipinski definition) is 6. The second-order valence-corrected chi connectivity index (χ2v) is 5.66. The number of esters is 1. The van der Waals surface area contributed by atoms with Crippen molar-refractivity contribution < 1.29 is 28.5 Å². The topological polar surface area (TPSA) is 63.2 Å².